The lowest BCUT2D eigenvalue weighted by Crippen LogP contribution is -2.53. The number of nitrogens with zero attached hydrogens (tertiary/aromatic N) is 2. The van der Waals surface area contributed by atoms with Gasteiger partial charge in [-0.3, -0.25) is 10.1 Å². The zero-order chi connectivity index (χ0) is 14.5. The van der Waals surface area contributed by atoms with Crippen LogP contribution in [0.5, 0.6) is 0 Å². The normalized spacial score (nSPS) is 14.4. The molecule has 1 atom stereocenters. The Bertz CT molecular complexity index is 422. The molecule has 108 valence electrons. The molecule has 1 heterocycles. The Morgan fingerprint density at radius 3 is 2.68 bits per heavy atom. The Labute approximate surface area is 117 Å². The van der Waals surface area contributed by atoms with E-state index in [0.29, 0.717) is 23.3 Å². The molecular weight excluding hydrogens is 266 g/mol. The van der Waals surface area contributed by atoms with Crippen molar-refractivity contribution in [3.63, 3.8) is 0 Å². The molecule has 1 N–H and O–H groups in total. The fraction of sp³-hybridized carbons (Fsp3) is 0.750. The molecule has 19 heavy (non-hydrogen) atoms. The second-order valence-corrected chi connectivity index (χ2v) is 5.85. The Morgan fingerprint density at radius 2 is 2.21 bits per heavy atom. The van der Waals surface area contributed by atoms with Gasteiger partial charge in [-0.2, -0.15) is 0 Å². The van der Waals surface area contributed by atoms with Crippen LogP contribution < -0.4 is 5.32 Å². The molecule has 1 unspecified atom stereocenters. The fourth-order valence-electron chi connectivity index (χ4n) is 1.77. The van der Waals surface area contributed by atoms with Crippen molar-refractivity contribution in [2.45, 2.75) is 50.9 Å². The summed E-state index contributed by atoms with van der Waals surface area (Å²) in [5.74, 6) is 0.967. The van der Waals surface area contributed by atoms with Gasteiger partial charge in [0.1, 0.15) is 5.54 Å². The summed E-state index contributed by atoms with van der Waals surface area (Å²) in [6, 6.07) is 0.194. The highest BCUT2D eigenvalue weighted by atomic mass is 32.2. The second kappa shape index (κ2) is 6.91. The molecule has 0 aliphatic heterocycles. The number of aromatic nitrogens is 2. The van der Waals surface area contributed by atoms with Crippen molar-refractivity contribution >= 4 is 17.7 Å². The Kier molecular flexibility index (Phi) is 5.81. The van der Waals surface area contributed by atoms with Gasteiger partial charge in [0, 0.05) is 18.7 Å². The van der Waals surface area contributed by atoms with Gasteiger partial charge in [0.15, 0.2) is 0 Å². The highest BCUT2D eigenvalue weighted by Crippen LogP contribution is 2.22. The van der Waals surface area contributed by atoms with Gasteiger partial charge in [-0.25, -0.2) is 0 Å². The van der Waals surface area contributed by atoms with Crippen LogP contribution in [0.2, 0.25) is 0 Å². The maximum atomic E-state index is 11.9. The predicted molar refractivity (Wildman–Crippen MR) is 73.1 cm³/mol. The molecule has 0 bridgehead atoms. The predicted octanol–water partition coefficient (Wildman–Crippen LogP) is 1.79. The number of hydrogen-bond acceptors (Lipinski definition) is 7. The number of carbonyl (C=O) groups is 1. The molecule has 0 aliphatic carbocycles. The number of hydrogen-bond donors (Lipinski definition) is 1. The minimum Gasteiger partial charge on any atom is -0.468 e. The Morgan fingerprint density at radius 1 is 1.53 bits per heavy atom. The van der Waals surface area contributed by atoms with Gasteiger partial charge in [-0.15, -0.1) is 10.2 Å². The largest absolute Gasteiger partial charge is 0.468 e. The molecular formula is C12H21N3O3S. The van der Waals surface area contributed by atoms with E-state index in [2.05, 4.69) is 15.5 Å². The van der Waals surface area contributed by atoms with Crippen LogP contribution >= 0.6 is 11.8 Å². The number of esters is 1. The quantitative estimate of drug-likeness (QED) is 0.605. The van der Waals surface area contributed by atoms with E-state index in [1.807, 2.05) is 20.8 Å². The molecule has 0 aliphatic rings. The molecule has 1 aromatic heterocycles. The highest BCUT2D eigenvalue weighted by Gasteiger charge is 2.34. The first-order valence-electron chi connectivity index (χ1n) is 6.16. The molecule has 0 amide bonds. The molecule has 0 radical (unpaired) electrons. The average molecular weight is 287 g/mol. The van der Waals surface area contributed by atoms with Crippen LogP contribution in [0.25, 0.3) is 0 Å². The first-order chi connectivity index (χ1) is 8.87. The summed E-state index contributed by atoms with van der Waals surface area (Å²) in [6.45, 7) is 7.58. The van der Waals surface area contributed by atoms with Gasteiger partial charge < -0.3 is 9.15 Å². The lowest BCUT2D eigenvalue weighted by Gasteiger charge is -2.29. The van der Waals surface area contributed by atoms with Gasteiger partial charge in [0.05, 0.1) is 7.11 Å². The summed E-state index contributed by atoms with van der Waals surface area (Å²) < 4.78 is 10.1. The number of aryl methyl sites for hydroxylation is 1. The van der Waals surface area contributed by atoms with E-state index >= 15 is 0 Å². The van der Waals surface area contributed by atoms with Crippen LogP contribution in [0.4, 0.5) is 0 Å². The van der Waals surface area contributed by atoms with E-state index in [-0.39, 0.29) is 12.0 Å². The minimum atomic E-state index is -0.703. The fourth-order valence-corrected chi connectivity index (χ4v) is 2.74. The summed E-state index contributed by atoms with van der Waals surface area (Å²) in [5, 5.41) is 11.4. The van der Waals surface area contributed by atoms with Crippen LogP contribution in [0.15, 0.2) is 9.64 Å². The Balaban J connectivity index is 2.55. The average Bonchev–Trinajstić information content (AvgIpc) is 2.73. The van der Waals surface area contributed by atoms with E-state index in [9.17, 15) is 4.79 Å². The topological polar surface area (TPSA) is 77.2 Å². The zero-order valence-corrected chi connectivity index (χ0v) is 12.8. The summed E-state index contributed by atoms with van der Waals surface area (Å²) in [5.41, 5.74) is -0.703. The number of ether oxygens (including phenoxy) is 1. The van der Waals surface area contributed by atoms with Crippen molar-refractivity contribution in [2.24, 2.45) is 0 Å². The highest BCUT2D eigenvalue weighted by molar-refractivity contribution is 7.99. The molecule has 0 saturated heterocycles. The third kappa shape index (κ3) is 4.83. The molecule has 0 spiro atoms. The van der Waals surface area contributed by atoms with Crippen LogP contribution in [0.3, 0.4) is 0 Å². The lowest BCUT2D eigenvalue weighted by atomic mass is 9.98. The van der Waals surface area contributed by atoms with Crippen molar-refractivity contribution in [1.82, 2.24) is 15.5 Å². The smallest absolute Gasteiger partial charge is 0.325 e. The molecule has 1 rings (SSSR count). The number of carbonyl (C=O) groups excluding carboxylic acids is 1. The maximum Gasteiger partial charge on any atom is 0.325 e. The number of methoxy groups -OCH3 is 1. The van der Waals surface area contributed by atoms with E-state index < -0.39 is 5.54 Å². The summed E-state index contributed by atoms with van der Waals surface area (Å²) >= 11 is 1.44. The summed E-state index contributed by atoms with van der Waals surface area (Å²) in [7, 11) is 1.40. The van der Waals surface area contributed by atoms with Crippen LogP contribution in [0.1, 0.15) is 33.1 Å². The molecule has 0 fully saturated rings. The first kappa shape index (κ1) is 16.0. The SMILES string of the molecule is COC(=O)C(C)(CCSc1nnc(C)o1)NC(C)C. The number of thioether (sulfide) groups is 1. The third-order valence-corrected chi connectivity index (χ3v) is 3.40. The number of rotatable bonds is 7. The molecule has 0 saturated carbocycles. The van der Waals surface area contributed by atoms with Crippen LogP contribution in [-0.4, -0.2) is 40.6 Å². The van der Waals surface area contributed by atoms with Gasteiger partial charge in [0.25, 0.3) is 5.22 Å². The van der Waals surface area contributed by atoms with E-state index in [0.717, 1.165) is 0 Å². The first-order valence-corrected chi connectivity index (χ1v) is 7.15. The van der Waals surface area contributed by atoms with Gasteiger partial charge in [0.2, 0.25) is 5.89 Å². The number of nitrogens with one attached hydrogen (secondary N) is 1. The van der Waals surface area contributed by atoms with Gasteiger partial charge in [-0.1, -0.05) is 11.8 Å². The molecule has 7 heteroatoms. The van der Waals surface area contributed by atoms with E-state index in [1.165, 1.54) is 18.9 Å². The maximum absolute atomic E-state index is 11.9. The van der Waals surface area contributed by atoms with Gasteiger partial charge >= 0.3 is 5.97 Å². The lowest BCUT2D eigenvalue weighted by molar-refractivity contribution is -0.148. The van der Waals surface area contributed by atoms with E-state index in [1.54, 1.807) is 6.92 Å². The zero-order valence-electron chi connectivity index (χ0n) is 12.0. The van der Waals surface area contributed by atoms with Crippen molar-refractivity contribution in [3.05, 3.63) is 5.89 Å². The molecule has 6 nitrogen and oxygen atoms in total. The second-order valence-electron chi connectivity index (χ2n) is 4.81. The van der Waals surface area contributed by atoms with Gasteiger partial charge in [-0.05, 0) is 27.2 Å². The van der Waals surface area contributed by atoms with Crippen molar-refractivity contribution in [1.29, 1.82) is 0 Å². The summed E-state index contributed by atoms with van der Waals surface area (Å²) in [6.07, 6.45) is 0.615. The van der Waals surface area contributed by atoms with Crippen molar-refractivity contribution in [3.8, 4) is 0 Å². The monoisotopic (exact) mass is 287 g/mol. The van der Waals surface area contributed by atoms with Crippen LogP contribution in [-0.2, 0) is 9.53 Å². The van der Waals surface area contributed by atoms with Crippen LogP contribution in [0, 0.1) is 6.92 Å². The van der Waals surface area contributed by atoms with Crippen molar-refractivity contribution in [2.75, 3.05) is 12.9 Å². The Hall–Kier alpha value is -1.08. The standard InChI is InChI=1S/C12H21N3O3S/c1-8(2)13-12(4,10(16)17-5)6-7-19-11-15-14-9(3)18-11/h8,13H,6-7H2,1-5H3. The minimum absolute atomic E-state index is 0.194. The molecule has 0 aromatic carbocycles. The third-order valence-electron chi connectivity index (χ3n) is 2.58. The molecule has 1 aromatic rings. The van der Waals surface area contributed by atoms with E-state index in [4.69, 9.17) is 9.15 Å². The summed E-state index contributed by atoms with van der Waals surface area (Å²) in [4.78, 5) is 11.9. The van der Waals surface area contributed by atoms with Crippen molar-refractivity contribution < 1.29 is 13.9 Å².